The van der Waals surface area contributed by atoms with Crippen molar-refractivity contribution < 1.29 is 4.42 Å². The van der Waals surface area contributed by atoms with Gasteiger partial charge in [-0.3, -0.25) is 0 Å². The van der Waals surface area contributed by atoms with Gasteiger partial charge in [0.25, 0.3) is 0 Å². The summed E-state index contributed by atoms with van der Waals surface area (Å²) in [7, 11) is 0. The molecule has 2 rings (SSSR count). The van der Waals surface area contributed by atoms with E-state index < -0.39 is 0 Å². The quantitative estimate of drug-likeness (QED) is 0.757. The van der Waals surface area contributed by atoms with Crippen molar-refractivity contribution >= 4 is 0 Å². The van der Waals surface area contributed by atoms with Gasteiger partial charge in [0.05, 0.1) is 12.5 Å². The Morgan fingerprint density at radius 2 is 2.23 bits per heavy atom. The highest BCUT2D eigenvalue weighted by Gasteiger charge is 2.25. The molecule has 0 saturated heterocycles. The van der Waals surface area contributed by atoms with E-state index in [-0.39, 0.29) is 0 Å². The van der Waals surface area contributed by atoms with E-state index in [0.29, 0.717) is 11.8 Å². The Kier molecular flexibility index (Phi) is 2.69. The van der Waals surface area contributed by atoms with Gasteiger partial charge in [0.1, 0.15) is 0 Å². The van der Waals surface area contributed by atoms with Crippen LogP contribution in [0.4, 0.5) is 0 Å². The Balaban J connectivity index is 2.11. The Labute approximate surface area is 79.1 Å². The van der Waals surface area contributed by atoms with Gasteiger partial charge in [-0.25, -0.2) is 0 Å². The number of hydrogen-bond donors (Lipinski definition) is 1. The fourth-order valence-electron chi connectivity index (χ4n) is 2.41. The maximum Gasteiger partial charge on any atom is 0.0937 e. The van der Waals surface area contributed by atoms with Crippen LogP contribution in [0.3, 0.4) is 0 Å². The predicted molar refractivity (Wildman–Crippen MR) is 52.5 cm³/mol. The van der Waals surface area contributed by atoms with Crippen LogP contribution in [-0.2, 0) is 0 Å². The van der Waals surface area contributed by atoms with E-state index in [9.17, 15) is 0 Å². The van der Waals surface area contributed by atoms with Crippen LogP contribution >= 0.6 is 0 Å². The fraction of sp³-hybridized carbons (Fsp3) is 0.636. The number of furan rings is 1. The van der Waals surface area contributed by atoms with Crippen molar-refractivity contribution in [3.63, 3.8) is 0 Å². The lowest BCUT2D eigenvalue weighted by Gasteiger charge is -2.29. The third-order valence-corrected chi connectivity index (χ3v) is 3.18. The van der Waals surface area contributed by atoms with E-state index in [2.05, 4.69) is 6.07 Å². The Hall–Kier alpha value is -0.760. The van der Waals surface area contributed by atoms with Gasteiger partial charge in [0.15, 0.2) is 0 Å². The van der Waals surface area contributed by atoms with Crippen molar-refractivity contribution in [2.24, 2.45) is 11.7 Å². The van der Waals surface area contributed by atoms with Gasteiger partial charge in [-0.2, -0.15) is 0 Å². The van der Waals surface area contributed by atoms with Gasteiger partial charge >= 0.3 is 0 Å². The highest BCUT2D eigenvalue weighted by Crippen LogP contribution is 2.37. The molecule has 2 atom stereocenters. The van der Waals surface area contributed by atoms with Gasteiger partial charge in [0, 0.05) is 0 Å². The molecule has 2 nitrogen and oxygen atoms in total. The van der Waals surface area contributed by atoms with Crippen molar-refractivity contribution in [1.29, 1.82) is 0 Å². The maximum absolute atomic E-state index is 5.77. The molecule has 1 heterocycles. The van der Waals surface area contributed by atoms with Crippen molar-refractivity contribution in [2.75, 3.05) is 6.54 Å². The molecule has 0 bridgehead atoms. The largest absolute Gasteiger partial charge is 0.472 e. The molecule has 1 saturated carbocycles. The highest BCUT2D eigenvalue weighted by molar-refractivity contribution is 5.14. The lowest BCUT2D eigenvalue weighted by atomic mass is 9.76. The minimum Gasteiger partial charge on any atom is -0.472 e. The summed E-state index contributed by atoms with van der Waals surface area (Å²) < 4.78 is 5.12. The molecule has 1 aliphatic rings. The fourth-order valence-corrected chi connectivity index (χ4v) is 2.41. The molecule has 1 fully saturated rings. The molecule has 13 heavy (non-hydrogen) atoms. The van der Waals surface area contributed by atoms with E-state index in [1.807, 2.05) is 6.26 Å². The molecule has 0 amide bonds. The predicted octanol–water partition coefficient (Wildman–Crippen LogP) is 2.51. The van der Waals surface area contributed by atoms with Crippen LogP contribution in [-0.4, -0.2) is 6.54 Å². The molecule has 2 heteroatoms. The molecular weight excluding hydrogens is 162 g/mol. The molecule has 1 aromatic heterocycles. The summed E-state index contributed by atoms with van der Waals surface area (Å²) in [6.07, 6.45) is 8.88. The van der Waals surface area contributed by atoms with Crippen molar-refractivity contribution in [2.45, 2.75) is 31.6 Å². The minimum atomic E-state index is 0.650. The van der Waals surface area contributed by atoms with Gasteiger partial charge in [-0.05, 0) is 42.9 Å². The second kappa shape index (κ2) is 3.97. The Morgan fingerprint density at radius 1 is 1.38 bits per heavy atom. The van der Waals surface area contributed by atoms with Crippen LogP contribution in [0, 0.1) is 5.92 Å². The van der Waals surface area contributed by atoms with Crippen LogP contribution in [0.15, 0.2) is 23.0 Å². The SMILES string of the molecule is NCC1CCCCC1c1ccoc1. The van der Waals surface area contributed by atoms with Crippen LogP contribution < -0.4 is 5.73 Å². The highest BCUT2D eigenvalue weighted by atomic mass is 16.3. The first-order chi connectivity index (χ1) is 6.42. The summed E-state index contributed by atoms with van der Waals surface area (Å²) >= 11 is 0. The molecule has 0 aromatic carbocycles. The summed E-state index contributed by atoms with van der Waals surface area (Å²) in [5, 5.41) is 0. The number of hydrogen-bond acceptors (Lipinski definition) is 2. The molecule has 72 valence electrons. The zero-order valence-electron chi connectivity index (χ0n) is 7.91. The van der Waals surface area contributed by atoms with Crippen LogP contribution in [0.2, 0.25) is 0 Å². The zero-order chi connectivity index (χ0) is 9.10. The molecule has 0 spiro atoms. The van der Waals surface area contributed by atoms with E-state index in [1.165, 1.54) is 31.2 Å². The van der Waals surface area contributed by atoms with E-state index >= 15 is 0 Å². The first kappa shape index (κ1) is 8.82. The molecule has 2 N–H and O–H groups in total. The number of nitrogens with two attached hydrogens (primary N) is 1. The van der Waals surface area contributed by atoms with Crippen molar-refractivity contribution in [1.82, 2.24) is 0 Å². The second-order valence-corrected chi connectivity index (χ2v) is 3.94. The summed E-state index contributed by atoms with van der Waals surface area (Å²) in [5.41, 5.74) is 7.11. The third-order valence-electron chi connectivity index (χ3n) is 3.18. The second-order valence-electron chi connectivity index (χ2n) is 3.94. The summed E-state index contributed by atoms with van der Waals surface area (Å²) in [6, 6.07) is 2.08. The first-order valence-electron chi connectivity index (χ1n) is 5.14. The zero-order valence-corrected chi connectivity index (χ0v) is 7.91. The van der Waals surface area contributed by atoms with Gasteiger partial charge in [0.2, 0.25) is 0 Å². The Morgan fingerprint density at radius 3 is 2.92 bits per heavy atom. The van der Waals surface area contributed by atoms with Crippen LogP contribution in [0.1, 0.15) is 37.2 Å². The maximum atomic E-state index is 5.77. The summed E-state index contributed by atoms with van der Waals surface area (Å²) in [4.78, 5) is 0. The molecule has 0 radical (unpaired) electrons. The average molecular weight is 179 g/mol. The molecular formula is C11H17NO. The van der Waals surface area contributed by atoms with Gasteiger partial charge in [-0.1, -0.05) is 12.8 Å². The van der Waals surface area contributed by atoms with Crippen LogP contribution in [0.5, 0.6) is 0 Å². The summed E-state index contributed by atoms with van der Waals surface area (Å²) in [5.74, 6) is 1.32. The topological polar surface area (TPSA) is 39.2 Å². The lowest BCUT2D eigenvalue weighted by molar-refractivity contribution is 0.313. The van der Waals surface area contributed by atoms with Crippen molar-refractivity contribution in [3.8, 4) is 0 Å². The first-order valence-corrected chi connectivity index (χ1v) is 5.14. The van der Waals surface area contributed by atoms with Gasteiger partial charge in [-0.15, -0.1) is 0 Å². The lowest BCUT2D eigenvalue weighted by Crippen LogP contribution is -2.24. The van der Waals surface area contributed by atoms with Crippen molar-refractivity contribution in [3.05, 3.63) is 24.2 Å². The third kappa shape index (κ3) is 1.78. The molecule has 2 unspecified atom stereocenters. The van der Waals surface area contributed by atoms with Crippen LogP contribution in [0.25, 0.3) is 0 Å². The van der Waals surface area contributed by atoms with E-state index in [0.717, 1.165) is 6.54 Å². The standard InChI is InChI=1S/C11H17NO/c12-7-9-3-1-2-4-11(9)10-5-6-13-8-10/h5-6,8-9,11H,1-4,7,12H2. The molecule has 0 aliphatic heterocycles. The minimum absolute atomic E-state index is 0.650. The van der Waals surface area contributed by atoms with E-state index in [1.54, 1.807) is 6.26 Å². The monoisotopic (exact) mass is 179 g/mol. The van der Waals surface area contributed by atoms with Gasteiger partial charge < -0.3 is 10.2 Å². The molecule has 1 aromatic rings. The van der Waals surface area contributed by atoms with E-state index in [4.69, 9.17) is 10.2 Å². The average Bonchev–Trinajstić information content (AvgIpc) is 2.70. The smallest absolute Gasteiger partial charge is 0.0937 e. The Bertz CT molecular complexity index is 243. The molecule has 1 aliphatic carbocycles. The number of rotatable bonds is 2. The normalized spacial score (nSPS) is 29.0. The summed E-state index contributed by atoms with van der Waals surface area (Å²) in [6.45, 7) is 0.815.